The molecule has 1 aromatic carbocycles. The highest BCUT2D eigenvalue weighted by Crippen LogP contribution is 2.23. The number of thiophene rings is 1. The topological polar surface area (TPSA) is 20.2 Å². The smallest absolute Gasteiger partial charge is 0.194 e. The number of rotatable bonds is 4. The van der Waals surface area contributed by atoms with Crippen molar-refractivity contribution in [3.63, 3.8) is 0 Å². The molecular formula is C13H11F3OS. The van der Waals surface area contributed by atoms with Gasteiger partial charge in [0.1, 0.15) is 0 Å². The number of aliphatic hydroxyl groups excluding tert-OH is 1. The molecule has 0 aliphatic rings. The van der Waals surface area contributed by atoms with Crippen LogP contribution < -0.4 is 0 Å². The normalized spacial score (nSPS) is 12.7. The van der Waals surface area contributed by atoms with Gasteiger partial charge in [-0.05, 0) is 52.9 Å². The zero-order valence-electron chi connectivity index (χ0n) is 9.37. The third kappa shape index (κ3) is 2.91. The quantitative estimate of drug-likeness (QED) is 0.839. The number of hydrogen-bond donors (Lipinski definition) is 1. The monoisotopic (exact) mass is 272 g/mol. The van der Waals surface area contributed by atoms with Crippen LogP contribution in [0, 0.1) is 17.5 Å². The van der Waals surface area contributed by atoms with E-state index in [0.717, 1.165) is 17.7 Å². The minimum atomic E-state index is -1.51. The van der Waals surface area contributed by atoms with E-state index in [4.69, 9.17) is 0 Å². The van der Waals surface area contributed by atoms with Crippen molar-refractivity contribution >= 4 is 11.3 Å². The van der Waals surface area contributed by atoms with Gasteiger partial charge in [-0.3, -0.25) is 0 Å². The van der Waals surface area contributed by atoms with Crippen LogP contribution >= 0.6 is 11.3 Å². The molecule has 2 aromatic rings. The molecule has 1 atom stereocenters. The molecule has 0 saturated carbocycles. The standard InChI is InChI=1S/C13H11F3OS/c14-10-5-9(6-11(15)13(10)16)12(17)2-1-8-3-4-18-7-8/h3-7,12,17H,1-2H2. The van der Waals surface area contributed by atoms with Crippen molar-refractivity contribution in [2.75, 3.05) is 0 Å². The Bertz CT molecular complexity index is 502. The van der Waals surface area contributed by atoms with Crippen molar-refractivity contribution in [1.29, 1.82) is 0 Å². The maximum absolute atomic E-state index is 13.0. The van der Waals surface area contributed by atoms with Gasteiger partial charge in [0.15, 0.2) is 17.5 Å². The summed E-state index contributed by atoms with van der Waals surface area (Å²) in [7, 11) is 0. The maximum atomic E-state index is 13.0. The van der Waals surface area contributed by atoms with E-state index in [1.165, 1.54) is 0 Å². The Labute approximate surface area is 107 Å². The van der Waals surface area contributed by atoms with Crippen LogP contribution in [0.1, 0.15) is 23.7 Å². The fourth-order valence-corrected chi connectivity index (χ4v) is 2.38. The molecule has 1 nitrogen and oxygen atoms in total. The number of benzene rings is 1. The first-order valence-corrected chi connectivity index (χ1v) is 6.36. The lowest BCUT2D eigenvalue weighted by atomic mass is 10.0. The second kappa shape index (κ2) is 5.54. The molecule has 2 rings (SSSR count). The molecule has 18 heavy (non-hydrogen) atoms. The summed E-state index contributed by atoms with van der Waals surface area (Å²) in [5.74, 6) is -4.07. The molecule has 0 bridgehead atoms. The molecule has 0 radical (unpaired) electrons. The van der Waals surface area contributed by atoms with Gasteiger partial charge in [0.25, 0.3) is 0 Å². The fraction of sp³-hybridized carbons (Fsp3) is 0.231. The summed E-state index contributed by atoms with van der Waals surface area (Å²) in [6.07, 6.45) is -0.0681. The first-order valence-electron chi connectivity index (χ1n) is 5.41. The molecule has 0 aliphatic carbocycles. The summed E-state index contributed by atoms with van der Waals surface area (Å²) in [5.41, 5.74) is 1.11. The molecule has 0 saturated heterocycles. The van der Waals surface area contributed by atoms with Crippen LogP contribution in [0.25, 0.3) is 0 Å². The fourth-order valence-electron chi connectivity index (χ4n) is 1.67. The van der Waals surface area contributed by atoms with Gasteiger partial charge in [0.2, 0.25) is 0 Å². The Hall–Kier alpha value is -1.33. The lowest BCUT2D eigenvalue weighted by molar-refractivity contribution is 0.166. The van der Waals surface area contributed by atoms with Gasteiger partial charge in [-0.1, -0.05) is 0 Å². The number of aliphatic hydroxyl groups is 1. The van der Waals surface area contributed by atoms with E-state index in [0.29, 0.717) is 12.8 Å². The Morgan fingerprint density at radius 1 is 1.17 bits per heavy atom. The van der Waals surface area contributed by atoms with Crippen molar-refractivity contribution < 1.29 is 18.3 Å². The van der Waals surface area contributed by atoms with Gasteiger partial charge >= 0.3 is 0 Å². The first-order chi connectivity index (χ1) is 8.58. The van der Waals surface area contributed by atoms with Crippen LogP contribution in [0.3, 0.4) is 0 Å². The molecule has 96 valence electrons. The first kappa shape index (κ1) is 13.1. The highest BCUT2D eigenvalue weighted by molar-refractivity contribution is 7.07. The van der Waals surface area contributed by atoms with Crippen molar-refractivity contribution in [2.24, 2.45) is 0 Å². The zero-order valence-corrected chi connectivity index (χ0v) is 10.2. The average Bonchev–Trinajstić information content (AvgIpc) is 2.85. The highest BCUT2D eigenvalue weighted by atomic mass is 32.1. The van der Waals surface area contributed by atoms with Gasteiger partial charge in [-0.15, -0.1) is 0 Å². The minimum absolute atomic E-state index is 0.0571. The second-order valence-corrected chi connectivity index (χ2v) is 4.76. The van der Waals surface area contributed by atoms with E-state index >= 15 is 0 Å². The van der Waals surface area contributed by atoms with Gasteiger partial charge in [0, 0.05) is 0 Å². The van der Waals surface area contributed by atoms with Gasteiger partial charge in [-0.2, -0.15) is 11.3 Å². The Morgan fingerprint density at radius 3 is 2.39 bits per heavy atom. The van der Waals surface area contributed by atoms with Crippen LogP contribution in [0.15, 0.2) is 29.0 Å². The van der Waals surface area contributed by atoms with Crippen LogP contribution in [0.2, 0.25) is 0 Å². The third-order valence-corrected chi connectivity index (χ3v) is 3.41. The largest absolute Gasteiger partial charge is 0.388 e. The zero-order chi connectivity index (χ0) is 13.1. The number of hydrogen-bond acceptors (Lipinski definition) is 2. The minimum Gasteiger partial charge on any atom is -0.388 e. The van der Waals surface area contributed by atoms with Gasteiger partial charge < -0.3 is 5.11 Å². The van der Waals surface area contributed by atoms with Crippen molar-refractivity contribution in [1.82, 2.24) is 0 Å². The Kier molecular flexibility index (Phi) is 4.04. The van der Waals surface area contributed by atoms with Crippen molar-refractivity contribution in [3.05, 3.63) is 57.5 Å². The van der Waals surface area contributed by atoms with Crippen LogP contribution in [0.4, 0.5) is 13.2 Å². The maximum Gasteiger partial charge on any atom is 0.194 e. The predicted octanol–water partition coefficient (Wildman–Crippen LogP) is 3.83. The summed E-state index contributed by atoms with van der Waals surface area (Å²) in [5, 5.41) is 13.7. The van der Waals surface area contributed by atoms with Crippen LogP contribution in [0.5, 0.6) is 0 Å². The molecule has 1 aromatic heterocycles. The van der Waals surface area contributed by atoms with Gasteiger partial charge in [0.05, 0.1) is 6.10 Å². The molecule has 1 N–H and O–H groups in total. The molecule has 0 aliphatic heterocycles. The summed E-state index contributed by atoms with van der Waals surface area (Å²) < 4.78 is 38.7. The summed E-state index contributed by atoms with van der Waals surface area (Å²) in [4.78, 5) is 0. The van der Waals surface area contributed by atoms with E-state index in [1.54, 1.807) is 11.3 Å². The van der Waals surface area contributed by atoms with Gasteiger partial charge in [-0.25, -0.2) is 13.2 Å². The molecule has 5 heteroatoms. The lowest BCUT2D eigenvalue weighted by Crippen LogP contribution is -2.02. The predicted molar refractivity (Wildman–Crippen MR) is 63.9 cm³/mol. The summed E-state index contributed by atoms with van der Waals surface area (Å²) >= 11 is 1.54. The van der Waals surface area contributed by atoms with E-state index in [1.807, 2.05) is 16.8 Å². The van der Waals surface area contributed by atoms with Crippen LogP contribution in [-0.4, -0.2) is 5.11 Å². The molecule has 1 heterocycles. The van der Waals surface area contributed by atoms with Crippen molar-refractivity contribution in [3.8, 4) is 0 Å². The molecule has 1 unspecified atom stereocenters. The van der Waals surface area contributed by atoms with E-state index in [9.17, 15) is 18.3 Å². The second-order valence-electron chi connectivity index (χ2n) is 3.98. The third-order valence-electron chi connectivity index (χ3n) is 2.68. The summed E-state index contributed by atoms with van der Waals surface area (Å²) in [6.45, 7) is 0. The van der Waals surface area contributed by atoms with E-state index in [-0.39, 0.29) is 5.56 Å². The number of aryl methyl sites for hydroxylation is 1. The number of halogens is 3. The highest BCUT2D eigenvalue weighted by Gasteiger charge is 2.15. The Morgan fingerprint density at radius 2 is 1.83 bits per heavy atom. The molecular weight excluding hydrogens is 261 g/mol. The molecule has 0 spiro atoms. The Balaban J connectivity index is 2.07. The summed E-state index contributed by atoms with van der Waals surface area (Å²) in [6, 6.07) is 3.58. The SMILES string of the molecule is OC(CCc1ccsc1)c1cc(F)c(F)c(F)c1. The van der Waals surface area contributed by atoms with E-state index < -0.39 is 23.6 Å². The average molecular weight is 272 g/mol. The molecule has 0 fully saturated rings. The van der Waals surface area contributed by atoms with Crippen LogP contribution in [-0.2, 0) is 6.42 Å². The lowest BCUT2D eigenvalue weighted by Gasteiger charge is -2.11. The van der Waals surface area contributed by atoms with Crippen molar-refractivity contribution in [2.45, 2.75) is 18.9 Å². The molecule has 0 amide bonds. The van der Waals surface area contributed by atoms with E-state index in [2.05, 4.69) is 0 Å².